The lowest BCUT2D eigenvalue weighted by molar-refractivity contribution is -0.138. The molecule has 1 rings (SSSR count). The van der Waals surface area contributed by atoms with Crippen LogP contribution in [0.4, 0.5) is 13.2 Å². The van der Waals surface area contributed by atoms with Gasteiger partial charge >= 0.3 is 6.18 Å². The van der Waals surface area contributed by atoms with Crippen LogP contribution < -0.4 is 0 Å². The smallest absolute Gasteiger partial charge is 0.287 e. The summed E-state index contributed by atoms with van der Waals surface area (Å²) in [5, 5.41) is 2.71. The first-order valence-electron chi connectivity index (χ1n) is 3.82. The van der Waals surface area contributed by atoms with E-state index < -0.39 is 17.6 Å². The van der Waals surface area contributed by atoms with Gasteiger partial charge in [-0.15, -0.1) is 0 Å². The Morgan fingerprint density at radius 1 is 1.44 bits per heavy atom. The molecule has 1 aromatic rings. The van der Waals surface area contributed by atoms with Crippen molar-refractivity contribution in [1.82, 2.24) is 0 Å². The van der Waals surface area contributed by atoms with E-state index in [-0.39, 0.29) is 10.0 Å². The van der Waals surface area contributed by atoms with Crippen LogP contribution in [-0.2, 0) is 6.18 Å². The number of azide groups is 1. The van der Waals surface area contributed by atoms with Crippen LogP contribution in [-0.4, -0.2) is 5.91 Å². The van der Waals surface area contributed by atoms with Crippen molar-refractivity contribution in [2.45, 2.75) is 6.18 Å². The molecule has 0 aliphatic rings. The van der Waals surface area contributed by atoms with Gasteiger partial charge in [0.05, 0.1) is 5.56 Å². The van der Waals surface area contributed by atoms with Crippen LogP contribution in [0.2, 0.25) is 0 Å². The summed E-state index contributed by atoms with van der Waals surface area (Å²) in [5.41, 5.74) is 6.68. The Balaban J connectivity index is 3.28. The van der Waals surface area contributed by atoms with Crippen LogP contribution in [0.3, 0.4) is 0 Å². The number of hydrogen-bond acceptors (Lipinski definition) is 1. The number of carbonyl (C=O) groups is 1. The second-order valence-corrected chi connectivity index (χ2v) is 3.54. The fourth-order valence-electron chi connectivity index (χ4n) is 0.974. The normalized spacial score (nSPS) is 10.8. The third kappa shape index (κ3) is 2.74. The van der Waals surface area contributed by atoms with Crippen molar-refractivity contribution in [3.8, 4) is 0 Å². The fourth-order valence-corrected chi connectivity index (χ4v) is 1.45. The number of nitrogens with zero attached hydrogens (tertiary/aromatic N) is 3. The van der Waals surface area contributed by atoms with Crippen molar-refractivity contribution in [3.63, 3.8) is 0 Å². The van der Waals surface area contributed by atoms with Crippen LogP contribution in [0.5, 0.6) is 0 Å². The SMILES string of the molecule is [N-]=[N+]=NC(=O)c1ccc(Br)c(C(F)(F)F)c1. The molecule has 0 N–H and O–H groups in total. The van der Waals surface area contributed by atoms with E-state index in [1.807, 2.05) is 0 Å². The molecule has 16 heavy (non-hydrogen) atoms. The second kappa shape index (κ2) is 4.54. The minimum atomic E-state index is -4.58. The lowest BCUT2D eigenvalue weighted by atomic mass is 10.1. The number of amides is 1. The Hall–Kier alpha value is -1.53. The number of hydrogen-bond donors (Lipinski definition) is 0. The molecular weight excluding hydrogens is 291 g/mol. The van der Waals surface area contributed by atoms with E-state index >= 15 is 0 Å². The van der Waals surface area contributed by atoms with Gasteiger partial charge in [0.25, 0.3) is 0 Å². The third-order valence-corrected chi connectivity index (χ3v) is 2.35. The maximum Gasteiger partial charge on any atom is 0.417 e. The predicted octanol–water partition coefficient (Wildman–Crippen LogP) is 3.92. The van der Waals surface area contributed by atoms with Crippen molar-refractivity contribution in [2.75, 3.05) is 0 Å². The standard InChI is InChI=1S/C8H3BrF3N3O/c9-6-2-1-4(7(16)14-15-13)3-5(6)8(10,11)12/h1-3H. The molecule has 0 saturated carbocycles. The highest BCUT2D eigenvalue weighted by Gasteiger charge is 2.33. The van der Waals surface area contributed by atoms with E-state index in [9.17, 15) is 18.0 Å². The Morgan fingerprint density at radius 2 is 2.06 bits per heavy atom. The van der Waals surface area contributed by atoms with Gasteiger partial charge in [0, 0.05) is 14.9 Å². The van der Waals surface area contributed by atoms with Crippen LogP contribution in [0, 0.1) is 0 Å². The summed E-state index contributed by atoms with van der Waals surface area (Å²) in [7, 11) is 0. The molecule has 8 heteroatoms. The molecule has 4 nitrogen and oxygen atoms in total. The Morgan fingerprint density at radius 3 is 2.56 bits per heavy atom. The monoisotopic (exact) mass is 293 g/mol. The zero-order chi connectivity index (χ0) is 12.3. The van der Waals surface area contributed by atoms with Gasteiger partial charge < -0.3 is 0 Å². The fraction of sp³-hybridized carbons (Fsp3) is 0.125. The number of rotatable bonds is 1. The topological polar surface area (TPSA) is 65.8 Å². The molecule has 0 aromatic heterocycles. The van der Waals surface area contributed by atoms with Crippen molar-refractivity contribution in [3.05, 3.63) is 44.2 Å². The molecule has 0 fully saturated rings. The van der Waals surface area contributed by atoms with Gasteiger partial charge in [0.1, 0.15) is 0 Å². The average molecular weight is 294 g/mol. The molecular formula is C8H3BrF3N3O. The zero-order valence-electron chi connectivity index (χ0n) is 7.49. The summed E-state index contributed by atoms with van der Waals surface area (Å²) in [5.74, 6) is -1.06. The summed E-state index contributed by atoms with van der Waals surface area (Å²) in [4.78, 5) is 13.2. The van der Waals surface area contributed by atoms with Gasteiger partial charge in [0.2, 0.25) is 5.91 Å². The van der Waals surface area contributed by atoms with Crippen LogP contribution in [0.1, 0.15) is 15.9 Å². The summed E-state index contributed by atoms with van der Waals surface area (Å²) in [6, 6.07) is 2.83. The van der Waals surface area contributed by atoms with Crippen molar-refractivity contribution in [2.24, 2.45) is 5.11 Å². The molecule has 0 unspecified atom stereocenters. The number of benzene rings is 1. The maximum atomic E-state index is 12.4. The minimum absolute atomic E-state index is 0.183. The molecule has 0 saturated heterocycles. The van der Waals surface area contributed by atoms with Crippen LogP contribution >= 0.6 is 15.9 Å². The first kappa shape index (κ1) is 12.5. The van der Waals surface area contributed by atoms with Gasteiger partial charge in [-0.25, -0.2) is 0 Å². The Bertz CT molecular complexity index is 480. The van der Waals surface area contributed by atoms with Gasteiger partial charge in [-0.3, -0.25) is 4.79 Å². The van der Waals surface area contributed by atoms with E-state index in [1.165, 1.54) is 0 Å². The molecule has 0 atom stereocenters. The highest BCUT2D eigenvalue weighted by Crippen LogP contribution is 2.35. The average Bonchev–Trinajstić information content (AvgIpc) is 2.16. The summed E-state index contributed by atoms with van der Waals surface area (Å²) in [6.07, 6.45) is -4.58. The molecule has 1 amide bonds. The van der Waals surface area contributed by atoms with E-state index in [0.717, 1.165) is 12.1 Å². The van der Waals surface area contributed by atoms with Gasteiger partial charge in [-0.1, -0.05) is 22.0 Å². The number of alkyl halides is 3. The zero-order valence-corrected chi connectivity index (χ0v) is 9.08. The minimum Gasteiger partial charge on any atom is -0.287 e. The first-order valence-corrected chi connectivity index (χ1v) is 4.61. The lowest BCUT2D eigenvalue weighted by Gasteiger charge is -2.09. The Labute approximate surface area is 95.8 Å². The highest BCUT2D eigenvalue weighted by molar-refractivity contribution is 9.10. The van der Waals surface area contributed by atoms with Crippen molar-refractivity contribution in [1.29, 1.82) is 0 Å². The van der Waals surface area contributed by atoms with Gasteiger partial charge in [-0.2, -0.15) is 13.2 Å². The summed E-state index contributed by atoms with van der Waals surface area (Å²) < 4.78 is 37.1. The third-order valence-electron chi connectivity index (χ3n) is 1.65. The lowest BCUT2D eigenvalue weighted by Crippen LogP contribution is -2.07. The molecule has 0 aliphatic heterocycles. The van der Waals surface area contributed by atoms with Crippen LogP contribution in [0.25, 0.3) is 10.4 Å². The molecule has 0 heterocycles. The molecule has 0 spiro atoms. The summed E-state index contributed by atoms with van der Waals surface area (Å²) >= 11 is 2.72. The van der Waals surface area contributed by atoms with Gasteiger partial charge in [-0.05, 0) is 22.8 Å². The van der Waals surface area contributed by atoms with Crippen molar-refractivity contribution >= 4 is 21.8 Å². The summed E-state index contributed by atoms with van der Waals surface area (Å²) in [6.45, 7) is 0. The molecule has 0 aliphatic carbocycles. The van der Waals surface area contributed by atoms with E-state index in [4.69, 9.17) is 5.53 Å². The Kier molecular flexibility index (Phi) is 3.56. The van der Waals surface area contributed by atoms with Gasteiger partial charge in [0.15, 0.2) is 0 Å². The molecule has 0 bridgehead atoms. The van der Waals surface area contributed by atoms with Crippen molar-refractivity contribution < 1.29 is 18.0 Å². The predicted molar refractivity (Wildman–Crippen MR) is 52.6 cm³/mol. The quantitative estimate of drug-likeness (QED) is 0.440. The molecule has 84 valence electrons. The first-order chi connectivity index (χ1) is 7.36. The van der Waals surface area contributed by atoms with Crippen LogP contribution in [0.15, 0.2) is 27.8 Å². The highest BCUT2D eigenvalue weighted by atomic mass is 79.9. The number of carbonyl (C=O) groups excluding carboxylic acids is 1. The van der Waals surface area contributed by atoms with E-state index in [1.54, 1.807) is 0 Å². The second-order valence-electron chi connectivity index (χ2n) is 2.69. The molecule has 0 radical (unpaired) electrons. The largest absolute Gasteiger partial charge is 0.417 e. The maximum absolute atomic E-state index is 12.4. The van der Waals surface area contributed by atoms with E-state index in [0.29, 0.717) is 6.07 Å². The molecule has 1 aromatic carbocycles. The van der Waals surface area contributed by atoms with E-state index in [2.05, 4.69) is 26.0 Å². The number of halogens is 4.